The second kappa shape index (κ2) is 9.08. The van der Waals surface area contributed by atoms with Gasteiger partial charge >= 0.3 is 6.03 Å². The first kappa shape index (κ1) is 18.8. The van der Waals surface area contributed by atoms with Crippen molar-refractivity contribution < 1.29 is 14.6 Å². The van der Waals surface area contributed by atoms with Gasteiger partial charge in [-0.2, -0.15) is 0 Å². The zero-order valence-electron chi connectivity index (χ0n) is 15.0. The van der Waals surface area contributed by atoms with Crippen molar-refractivity contribution >= 4 is 6.03 Å². The fourth-order valence-electron chi connectivity index (χ4n) is 2.61. The number of carbonyl (C=O) groups excluding carboxylic acids is 1. The van der Waals surface area contributed by atoms with Gasteiger partial charge in [-0.15, -0.1) is 0 Å². The molecule has 0 aliphatic rings. The van der Waals surface area contributed by atoms with E-state index in [9.17, 15) is 9.90 Å². The van der Waals surface area contributed by atoms with Gasteiger partial charge in [0.25, 0.3) is 0 Å². The van der Waals surface area contributed by atoms with Gasteiger partial charge in [-0.05, 0) is 49.6 Å². The standard InChI is InChI=1S/C20H26N2O3/c1-4-25-17-11-9-16(10-12-17)15(3)22-20(24)21-13-19(23)18-8-6-5-7-14(18)2/h5-12,15,19,23H,4,13H2,1-3H3,(H2,21,22,24). The Bertz CT molecular complexity index is 686. The van der Waals surface area contributed by atoms with E-state index < -0.39 is 6.10 Å². The molecule has 0 saturated carbocycles. The Morgan fingerprint density at radius 1 is 1.16 bits per heavy atom. The van der Waals surface area contributed by atoms with Crippen molar-refractivity contribution in [3.63, 3.8) is 0 Å². The molecule has 0 aromatic heterocycles. The van der Waals surface area contributed by atoms with Crippen LogP contribution >= 0.6 is 0 Å². The van der Waals surface area contributed by atoms with Crippen LogP contribution < -0.4 is 15.4 Å². The molecule has 0 aliphatic carbocycles. The van der Waals surface area contributed by atoms with E-state index in [1.165, 1.54) is 0 Å². The number of urea groups is 1. The zero-order valence-corrected chi connectivity index (χ0v) is 15.0. The fraction of sp³-hybridized carbons (Fsp3) is 0.350. The van der Waals surface area contributed by atoms with E-state index in [1.807, 2.05) is 69.3 Å². The number of ether oxygens (including phenoxy) is 1. The molecule has 0 radical (unpaired) electrons. The Hall–Kier alpha value is -2.53. The number of hydrogen-bond donors (Lipinski definition) is 3. The maximum absolute atomic E-state index is 12.1. The molecule has 2 amide bonds. The highest BCUT2D eigenvalue weighted by molar-refractivity contribution is 5.74. The summed E-state index contributed by atoms with van der Waals surface area (Å²) in [6.07, 6.45) is -0.729. The molecular formula is C20H26N2O3. The summed E-state index contributed by atoms with van der Waals surface area (Å²) in [7, 11) is 0. The number of carbonyl (C=O) groups is 1. The van der Waals surface area contributed by atoms with Crippen molar-refractivity contribution in [2.24, 2.45) is 0 Å². The van der Waals surface area contributed by atoms with Crippen molar-refractivity contribution in [2.75, 3.05) is 13.2 Å². The summed E-state index contributed by atoms with van der Waals surface area (Å²) < 4.78 is 5.41. The topological polar surface area (TPSA) is 70.6 Å². The molecule has 5 heteroatoms. The van der Waals surface area contributed by atoms with Crippen LogP contribution in [0.5, 0.6) is 5.75 Å². The van der Waals surface area contributed by atoms with Gasteiger partial charge < -0.3 is 20.5 Å². The van der Waals surface area contributed by atoms with Crippen LogP contribution in [0, 0.1) is 6.92 Å². The van der Waals surface area contributed by atoms with Crippen molar-refractivity contribution in [1.82, 2.24) is 10.6 Å². The molecule has 0 bridgehead atoms. The number of rotatable bonds is 7. The first-order chi connectivity index (χ1) is 12.0. The highest BCUT2D eigenvalue weighted by Crippen LogP contribution is 2.18. The molecule has 0 heterocycles. The number of aryl methyl sites for hydroxylation is 1. The van der Waals surface area contributed by atoms with Crippen LogP contribution in [-0.4, -0.2) is 24.3 Å². The lowest BCUT2D eigenvalue weighted by atomic mass is 10.0. The van der Waals surface area contributed by atoms with Crippen molar-refractivity contribution in [3.8, 4) is 5.75 Å². The number of amides is 2. The third-order valence-corrected chi connectivity index (χ3v) is 4.04. The van der Waals surface area contributed by atoms with Crippen molar-refractivity contribution in [1.29, 1.82) is 0 Å². The van der Waals surface area contributed by atoms with E-state index in [4.69, 9.17) is 4.74 Å². The van der Waals surface area contributed by atoms with Gasteiger partial charge in [0.2, 0.25) is 0 Å². The average molecular weight is 342 g/mol. The lowest BCUT2D eigenvalue weighted by Crippen LogP contribution is -2.39. The maximum atomic E-state index is 12.1. The summed E-state index contributed by atoms with van der Waals surface area (Å²) in [6.45, 7) is 6.57. The Kier molecular flexibility index (Phi) is 6.83. The van der Waals surface area contributed by atoms with E-state index in [0.29, 0.717) is 6.61 Å². The predicted molar refractivity (Wildman–Crippen MR) is 98.7 cm³/mol. The van der Waals surface area contributed by atoms with Crippen LogP contribution in [0.3, 0.4) is 0 Å². The van der Waals surface area contributed by atoms with E-state index in [-0.39, 0.29) is 18.6 Å². The summed E-state index contributed by atoms with van der Waals surface area (Å²) in [5.74, 6) is 0.809. The second-order valence-electron chi connectivity index (χ2n) is 5.95. The molecule has 2 rings (SSSR count). The van der Waals surface area contributed by atoms with Crippen molar-refractivity contribution in [2.45, 2.75) is 32.9 Å². The highest BCUT2D eigenvalue weighted by Gasteiger charge is 2.13. The van der Waals surface area contributed by atoms with Crippen LogP contribution in [-0.2, 0) is 0 Å². The molecule has 2 unspecified atom stereocenters. The minimum Gasteiger partial charge on any atom is -0.494 e. The molecule has 5 nitrogen and oxygen atoms in total. The molecule has 2 atom stereocenters. The van der Waals surface area contributed by atoms with Gasteiger partial charge in [-0.3, -0.25) is 0 Å². The Balaban J connectivity index is 1.84. The lowest BCUT2D eigenvalue weighted by molar-refractivity contribution is 0.172. The molecule has 2 aromatic rings. The number of aliphatic hydroxyl groups excluding tert-OH is 1. The minimum absolute atomic E-state index is 0.147. The highest BCUT2D eigenvalue weighted by atomic mass is 16.5. The number of aliphatic hydroxyl groups is 1. The number of nitrogens with one attached hydrogen (secondary N) is 2. The van der Waals surface area contributed by atoms with Gasteiger partial charge in [0, 0.05) is 6.54 Å². The molecule has 0 aliphatic heterocycles. The molecule has 134 valence electrons. The average Bonchev–Trinajstić information content (AvgIpc) is 2.61. The van der Waals surface area contributed by atoms with E-state index in [0.717, 1.165) is 22.4 Å². The molecule has 3 N–H and O–H groups in total. The predicted octanol–water partition coefficient (Wildman–Crippen LogP) is 3.49. The summed E-state index contributed by atoms with van der Waals surface area (Å²) in [5, 5.41) is 15.8. The van der Waals surface area contributed by atoms with Gasteiger partial charge in [0.15, 0.2) is 0 Å². The first-order valence-corrected chi connectivity index (χ1v) is 8.52. The van der Waals surface area contributed by atoms with E-state index >= 15 is 0 Å². The van der Waals surface area contributed by atoms with Gasteiger partial charge in [0.05, 0.1) is 18.8 Å². The Morgan fingerprint density at radius 3 is 2.48 bits per heavy atom. The van der Waals surface area contributed by atoms with Gasteiger partial charge in [-0.1, -0.05) is 36.4 Å². The summed E-state index contributed by atoms with van der Waals surface area (Å²) >= 11 is 0. The zero-order chi connectivity index (χ0) is 18.2. The smallest absolute Gasteiger partial charge is 0.315 e. The normalized spacial score (nSPS) is 13.0. The minimum atomic E-state index is -0.729. The number of benzene rings is 2. The largest absolute Gasteiger partial charge is 0.494 e. The summed E-state index contributed by atoms with van der Waals surface area (Å²) in [4.78, 5) is 12.1. The molecule has 0 fully saturated rings. The van der Waals surface area contributed by atoms with Crippen LogP contribution in [0.25, 0.3) is 0 Å². The summed E-state index contributed by atoms with van der Waals surface area (Å²) in [6, 6.07) is 14.8. The SMILES string of the molecule is CCOc1ccc(C(C)NC(=O)NCC(O)c2ccccc2C)cc1. The molecule has 0 spiro atoms. The second-order valence-corrected chi connectivity index (χ2v) is 5.95. The quantitative estimate of drug-likeness (QED) is 0.721. The third-order valence-electron chi connectivity index (χ3n) is 4.04. The van der Waals surface area contributed by atoms with Crippen LogP contribution in [0.4, 0.5) is 4.79 Å². The Morgan fingerprint density at radius 2 is 1.84 bits per heavy atom. The van der Waals surface area contributed by atoms with Crippen LogP contribution in [0.2, 0.25) is 0 Å². The molecule has 0 saturated heterocycles. The van der Waals surface area contributed by atoms with Crippen LogP contribution in [0.1, 0.15) is 42.7 Å². The monoisotopic (exact) mass is 342 g/mol. The Labute approximate surface area is 149 Å². The molecule has 25 heavy (non-hydrogen) atoms. The number of hydrogen-bond acceptors (Lipinski definition) is 3. The maximum Gasteiger partial charge on any atom is 0.315 e. The molecule has 2 aromatic carbocycles. The molecular weight excluding hydrogens is 316 g/mol. The lowest BCUT2D eigenvalue weighted by Gasteiger charge is -2.18. The fourth-order valence-corrected chi connectivity index (χ4v) is 2.61. The van der Waals surface area contributed by atoms with Crippen molar-refractivity contribution in [3.05, 3.63) is 65.2 Å². The third kappa shape index (κ3) is 5.50. The van der Waals surface area contributed by atoms with E-state index in [1.54, 1.807) is 0 Å². The first-order valence-electron chi connectivity index (χ1n) is 8.52. The van der Waals surface area contributed by atoms with Crippen LogP contribution in [0.15, 0.2) is 48.5 Å². The summed E-state index contributed by atoms with van der Waals surface area (Å²) in [5.41, 5.74) is 2.81. The van der Waals surface area contributed by atoms with Gasteiger partial charge in [0.1, 0.15) is 5.75 Å². The van der Waals surface area contributed by atoms with E-state index in [2.05, 4.69) is 10.6 Å². The van der Waals surface area contributed by atoms with Gasteiger partial charge in [-0.25, -0.2) is 4.79 Å².